The molecule has 7 nitrogen and oxygen atoms in total. The van der Waals surface area contributed by atoms with Crippen LogP contribution in [-0.2, 0) is 28.2 Å². The first-order valence-electron chi connectivity index (χ1n) is 10.2. The SMILES string of the molecule is C[C@]1(c2cc(F)ccc2F)NC(=O)N(CC(=O)N(Cc2ccccc2)Cc2ccco2)C1=O. The fourth-order valence-electron chi connectivity index (χ4n) is 3.77. The molecule has 3 aromatic rings. The van der Waals surface area contributed by atoms with Gasteiger partial charge in [0.05, 0.1) is 12.8 Å². The van der Waals surface area contributed by atoms with Gasteiger partial charge in [0.25, 0.3) is 5.91 Å². The highest BCUT2D eigenvalue weighted by Crippen LogP contribution is 2.31. The van der Waals surface area contributed by atoms with Crippen molar-refractivity contribution in [2.75, 3.05) is 6.54 Å². The second-order valence-corrected chi connectivity index (χ2v) is 7.89. The molecular formula is C24H21F2N3O4. The van der Waals surface area contributed by atoms with Gasteiger partial charge in [0, 0.05) is 12.1 Å². The molecule has 1 aromatic heterocycles. The Hall–Kier alpha value is -4.01. The summed E-state index contributed by atoms with van der Waals surface area (Å²) in [6, 6.07) is 14.4. The summed E-state index contributed by atoms with van der Waals surface area (Å²) < 4.78 is 33.4. The van der Waals surface area contributed by atoms with Crippen molar-refractivity contribution in [1.29, 1.82) is 0 Å². The van der Waals surface area contributed by atoms with Gasteiger partial charge in [-0.25, -0.2) is 13.6 Å². The van der Waals surface area contributed by atoms with Gasteiger partial charge in [0.2, 0.25) is 5.91 Å². The molecule has 170 valence electrons. The third-order valence-corrected chi connectivity index (χ3v) is 5.53. The predicted molar refractivity (Wildman–Crippen MR) is 113 cm³/mol. The second-order valence-electron chi connectivity index (χ2n) is 7.89. The molecule has 33 heavy (non-hydrogen) atoms. The number of hydrogen-bond acceptors (Lipinski definition) is 4. The molecule has 0 radical (unpaired) electrons. The molecule has 4 rings (SSSR count). The van der Waals surface area contributed by atoms with Crippen LogP contribution in [0.5, 0.6) is 0 Å². The summed E-state index contributed by atoms with van der Waals surface area (Å²) in [4.78, 5) is 41.0. The summed E-state index contributed by atoms with van der Waals surface area (Å²) in [6.45, 7) is 1.06. The van der Waals surface area contributed by atoms with E-state index < -0.39 is 41.6 Å². The highest BCUT2D eigenvalue weighted by molar-refractivity contribution is 6.09. The van der Waals surface area contributed by atoms with E-state index >= 15 is 0 Å². The van der Waals surface area contributed by atoms with Crippen LogP contribution in [0.15, 0.2) is 71.3 Å². The fraction of sp³-hybridized carbons (Fsp3) is 0.208. The van der Waals surface area contributed by atoms with Crippen LogP contribution in [0.25, 0.3) is 0 Å². The van der Waals surface area contributed by atoms with Crippen molar-refractivity contribution >= 4 is 17.8 Å². The van der Waals surface area contributed by atoms with E-state index in [2.05, 4.69) is 5.32 Å². The van der Waals surface area contributed by atoms with Crippen LogP contribution in [0.2, 0.25) is 0 Å². The zero-order valence-electron chi connectivity index (χ0n) is 17.8. The van der Waals surface area contributed by atoms with Gasteiger partial charge >= 0.3 is 6.03 Å². The topological polar surface area (TPSA) is 82.9 Å². The van der Waals surface area contributed by atoms with Crippen LogP contribution in [0.3, 0.4) is 0 Å². The maximum absolute atomic E-state index is 14.4. The van der Waals surface area contributed by atoms with Gasteiger partial charge in [-0.1, -0.05) is 30.3 Å². The Bertz CT molecular complexity index is 1180. The van der Waals surface area contributed by atoms with E-state index in [9.17, 15) is 23.2 Å². The first kappa shape index (κ1) is 22.2. The van der Waals surface area contributed by atoms with Gasteiger partial charge in [0.15, 0.2) is 0 Å². The third kappa shape index (κ3) is 4.48. The van der Waals surface area contributed by atoms with E-state index in [0.29, 0.717) is 10.7 Å². The third-order valence-electron chi connectivity index (χ3n) is 5.53. The number of carbonyl (C=O) groups is 3. The van der Waals surface area contributed by atoms with Crippen LogP contribution < -0.4 is 5.32 Å². The zero-order valence-corrected chi connectivity index (χ0v) is 17.8. The van der Waals surface area contributed by atoms with Crippen LogP contribution in [-0.4, -0.2) is 34.2 Å². The smallest absolute Gasteiger partial charge is 0.325 e. The Morgan fingerprint density at radius 1 is 1.06 bits per heavy atom. The quantitative estimate of drug-likeness (QED) is 0.555. The van der Waals surface area contributed by atoms with Crippen LogP contribution in [0, 0.1) is 11.6 Å². The predicted octanol–water partition coefficient (Wildman–Crippen LogP) is 3.55. The highest BCUT2D eigenvalue weighted by atomic mass is 19.1. The molecule has 4 amide bonds. The number of halogens is 2. The molecule has 0 aliphatic carbocycles. The summed E-state index contributed by atoms with van der Waals surface area (Å²) in [5.74, 6) is -2.42. The van der Waals surface area contributed by atoms with Gasteiger partial charge in [-0.05, 0) is 42.8 Å². The van der Waals surface area contributed by atoms with Crippen molar-refractivity contribution < 1.29 is 27.6 Å². The van der Waals surface area contributed by atoms with Gasteiger partial charge < -0.3 is 14.6 Å². The maximum Gasteiger partial charge on any atom is 0.325 e. The molecule has 0 saturated carbocycles. The number of urea groups is 1. The highest BCUT2D eigenvalue weighted by Gasteiger charge is 2.51. The molecule has 1 atom stereocenters. The van der Waals surface area contributed by atoms with Crippen molar-refractivity contribution in [1.82, 2.24) is 15.1 Å². The Balaban J connectivity index is 1.56. The first-order chi connectivity index (χ1) is 15.8. The van der Waals surface area contributed by atoms with E-state index in [1.165, 1.54) is 18.1 Å². The summed E-state index contributed by atoms with van der Waals surface area (Å²) in [7, 11) is 0. The van der Waals surface area contributed by atoms with Gasteiger partial charge in [-0.3, -0.25) is 14.5 Å². The van der Waals surface area contributed by atoms with Crippen molar-refractivity contribution in [2.45, 2.75) is 25.6 Å². The summed E-state index contributed by atoms with van der Waals surface area (Å²) in [6.07, 6.45) is 1.48. The van der Waals surface area contributed by atoms with Crippen molar-refractivity contribution in [3.63, 3.8) is 0 Å². The lowest BCUT2D eigenvalue weighted by molar-refractivity contribution is -0.139. The molecule has 1 fully saturated rings. The Morgan fingerprint density at radius 2 is 1.82 bits per heavy atom. The van der Waals surface area contributed by atoms with Crippen LogP contribution >= 0.6 is 0 Å². The number of amides is 4. The zero-order chi connectivity index (χ0) is 23.6. The largest absolute Gasteiger partial charge is 0.467 e. The molecule has 1 aliphatic heterocycles. The van der Waals surface area contributed by atoms with Crippen molar-refractivity contribution in [3.8, 4) is 0 Å². The average Bonchev–Trinajstić information content (AvgIpc) is 3.38. The summed E-state index contributed by atoms with van der Waals surface area (Å²) in [5.41, 5.74) is -1.30. The molecule has 1 saturated heterocycles. The number of nitrogens with one attached hydrogen (secondary N) is 1. The number of nitrogens with zero attached hydrogens (tertiary/aromatic N) is 2. The number of carbonyl (C=O) groups excluding carboxylic acids is 3. The molecule has 9 heteroatoms. The first-order valence-corrected chi connectivity index (χ1v) is 10.2. The van der Waals surface area contributed by atoms with E-state index in [1.807, 2.05) is 30.3 Å². The lowest BCUT2D eigenvalue weighted by Gasteiger charge is -2.25. The monoisotopic (exact) mass is 453 g/mol. The number of benzene rings is 2. The van der Waals surface area contributed by atoms with Gasteiger partial charge in [0.1, 0.15) is 29.5 Å². The number of furan rings is 1. The van der Waals surface area contributed by atoms with Crippen LogP contribution in [0.1, 0.15) is 23.8 Å². The molecule has 0 unspecified atom stereocenters. The lowest BCUT2D eigenvalue weighted by atomic mass is 9.91. The summed E-state index contributed by atoms with van der Waals surface area (Å²) in [5, 5.41) is 2.40. The van der Waals surface area contributed by atoms with Gasteiger partial charge in [-0.15, -0.1) is 0 Å². The fourth-order valence-corrected chi connectivity index (χ4v) is 3.77. The Kier molecular flexibility index (Phi) is 5.95. The molecular weight excluding hydrogens is 432 g/mol. The number of hydrogen-bond donors (Lipinski definition) is 1. The van der Waals surface area contributed by atoms with E-state index in [-0.39, 0.29) is 18.7 Å². The van der Waals surface area contributed by atoms with Crippen molar-refractivity contribution in [3.05, 3.63) is 95.4 Å². The van der Waals surface area contributed by atoms with Crippen LogP contribution in [0.4, 0.5) is 13.6 Å². The lowest BCUT2D eigenvalue weighted by Crippen LogP contribution is -2.44. The number of rotatable bonds is 7. The summed E-state index contributed by atoms with van der Waals surface area (Å²) >= 11 is 0. The standard InChI is InChI=1S/C24H21F2N3O4/c1-24(19-12-17(25)9-10-20(19)26)22(31)29(23(32)27-24)15-21(30)28(14-18-8-5-11-33-18)13-16-6-3-2-4-7-16/h2-12H,13-15H2,1H3,(H,27,32)/t24-/m1/s1. The normalized spacial score (nSPS) is 17.8. The maximum atomic E-state index is 14.4. The molecule has 2 heterocycles. The Morgan fingerprint density at radius 3 is 2.52 bits per heavy atom. The minimum absolute atomic E-state index is 0.125. The molecule has 0 spiro atoms. The van der Waals surface area contributed by atoms with Crippen molar-refractivity contribution in [2.24, 2.45) is 0 Å². The molecule has 1 N–H and O–H groups in total. The van der Waals surface area contributed by atoms with E-state index in [4.69, 9.17) is 4.42 Å². The molecule has 0 bridgehead atoms. The minimum Gasteiger partial charge on any atom is -0.467 e. The van der Waals surface area contributed by atoms with E-state index in [1.54, 1.807) is 12.1 Å². The van der Waals surface area contributed by atoms with Gasteiger partial charge in [-0.2, -0.15) is 0 Å². The number of imide groups is 1. The minimum atomic E-state index is -1.84. The Labute approximate surface area is 188 Å². The molecule has 1 aliphatic rings. The average molecular weight is 453 g/mol. The second kappa shape index (κ2) is 8.85. The molecule has 2 aromatic carbocycles. The van der Waals surface area contributed by atoms with E-state index in [0.717, 1.165) is 23.8 Å².